The number of anilines is 1. The Morgan fingerprint density at radius 1 is 1.39 bits per heavy atom. The minimum Gasteiger partial charge on any atom is -0.384 e. The molecule has 0 radical (unpaired) electrons. The first kappa shape index (κ1) is 13.6. The lowest BCUT2D eigenvalue weighted by atomic mass is 10.0. The molecule has 1 aromatic carbocycles. The van der Waals surface area contributed by atoms with E-state index in [1.807, 2.05) is 12.1 Å². The lowest BCUT2D eigenvalue weighted by Gasteiger charge is -2.23. The van der Waals surface area contributed by atoms with E-state index in [1.54, 1.807) is 12.1 Å². The van der Waals surface area contributed by atoms with Crippen LogP contribution in [-0.2, 0) is 4.74 Å². The summed E-state index contributed by atoms with van der Waals surface area (Å²) >= 11 is 0.585. The Labute approximate surface area is 110 Å². The summed E-state index contributed by atoms with van der Waals surface area (Å²) in [6.07, 6.45) is 2.22. The van der Waals surface area contributed by atoms with Gasteiger partial charge in [-0.2, -0.15) is 8.78 Å². The monoisotopic (exact) mass is 273 g/mol. The van der Waals surface area contributed by atoms with Gasteiger partial charge >= 0.3 is 0 Å². The van der Waals surface area contributed by atoms with E-state index in [0.717, 1.165) is 38.3 Å². The van der Waals surface area contributed by atoms with Gasteiger partial charge in [-0.3, -0.25) is 0 Å². The van der Waals surface area contributed by atoms with Crippen molar-refractivity contribution in [2.45, 2.75) is 23.5 Å². The summed E-state index contributed by atoms with van der Waals surface area (Å²) in [5, 5.41) is 3.25. The summed E-state index contributed by atoms with van der Waals surface area (Å²) in [6.45, 7) is 2.38. The predicted molar refractivity (Wildman–Crippen MR) is 70.3 cm³/mol. The van der Waals surface area contributed by atoms with Crippen molar-refractivity contribution in [1.29, 1.82) is 0 Å². The van der Waals surface area contributed by atoms with Crippen LogP contribution in [0.4, 0.5) is 14.5 Å². The topological polar surface area (TPSA) is 21.3 Å². The Morgan fingerprint density at radius 2 is 2.22 bits per heavy atom. The van der Waals surface area contributed by atoms with Crippen LogP contribution in [0, 0.1) is 5.92 Å². The first-order chi connectivity index (χ1) is 8.75. The molecule has 1 aliphatic rings. The maximum absolute atomic E-state index is 12.4. The number of hydrogen-bond donors (Lipinski definition) is 1. The molecular formula is C13H17F2NOS. The first-order valence-corrected chi connectivity index (χ1v) is 6.99. The molecule has 0 saturated carbocycles. The van der Waals surface area contributed by atoms with Gasteiger partial charge in [0.25, 0.3) is 5.76 Å². The summed E-state index contributed by atoms with van der Waals surface area (Å²) in [5.74, 6) is -1.91. The highest BCUT2D eigenvalue weighted by molar-refractivity contribution is 7.99. The zero-order chi connectivity index (χ0) is 12.8. The molecule has 0 aromatic heterocycles. The zero-order valence-electron chi connectivity index (χ0n) is 10.1. The fraction of sp³-hybridized carbons (Fsp3) is 0.538. The molecule has 1 saturated heterocycles. The van der Waals surface area contributed by atoms with Crippen LogP contribution in [-0.4, -0.2) is 25.5 Å². The van der Waals surface area contributed by atoms with E-state index < -0.39 is 5.76 Å². The molecule has 2 rings (SSSR count). The molecule has 18 heavy (non-hydrogen) atoms. The lowest BCUT2D eigenvalue weighted by molar-refractivity contribution is 0.0595. The van der Waals surface area contributed by atoms with Crippen LogP contribution in [0.15, 0.2) is 29.2 Å². The summed E-state index contributed by atoms with van der Waals surface area (Å²) in [5.41, 5.74) is 0.786. The number of thioether (sulfide) groups is 1. The summed E-state index contributed by atoms with van der Waals surface area (Å²) < 4.78 is 30.2. The lowest BCUT2D eigenvalue weighted by Crippen LogP contribution is -2.24. The van der Waals surface area contributed by atoms with Gasteiger partial charge in [0.15, 0.2) is 0 Å². The van der Waals surface area contributed by atoms with Crippen LogP contribution in [0.5, 0.6) is 0 Å². The number of benzene rings is 1. The largest absolute Gasteiger partial charge is 0.384 e. The molecule has 1 N–H and O–H groups in total. The van der Waals surface area contributed by atoms with Gasteiger partial charge in [0.2, 0.25) is 0 Å². The Hall–Kier alpha value is -0.810. The number of ether oxygens (including phenoxy) is 1. The predicted octanol–water partition coefficient (Wildman–Crippen LogP) is 3.84. The molecule has 0 aliphatic carbocycles. The quantitative estimate of drug-likeness (QED) is 0.824. The Kier molecular flexibility index (Phi) is 5.26. The molecule has 1 atom stereocenters. The first-order valence-electron chi connectivity index (χ1n) is 6.11. The number of hydrogen-bond acceptors (Lipinski definition) is 3. The molecule has 2 nitrogen and oxygen atoms in total. The van der Waals surface area contributed by atoms with Gasteiger partial charge in [-0.15, -0.1) is 0 Å². The number of para-hydroxylation sites is 1. The van der Waals surface area contributed by atoms with Crippen LogP contribution in [0.2, 0.25) is 0 Å². The second-order valence-electron chi connectivity index (χ2n) is 4.34. The number of rotatable bonds is 5. The van der Waals surface area contributed by atoms with Gasteiger partial charge in [0, 0.05) is 23.7 Å². The van der Waals surface area contributed by atoms with Crippen LogP contribution in [0.25, 0.3) is 0 Å². The van der Waals surface area contributed by atoms with Gasteiger partial charge in [0.1, 0.15) is 0 Å². The van der Waals surface area contributed by atoms with Gasteiger partial charge in [0.05, 0.1) is 6.61 Å². The van der Waals surface area contributed by atoms with Crippen molar-refractivity contribution >= 4 is 17.4 Å². The van der Waals surface area contributed by atoms with Crippen molar-refractivity contribution in [2.75, 3.05) is 25.1 Å². The third-order valence-electron chi connectivity index (χ3n) is 2.94. The number of nitrogens with one attached hydrogen (secondary N) is 1. The molecule has 100 valence electrons. The van der Waals surface area contributed by atoms with E-state index in [-0.39, 0.29) is 0 Å². The molecule has 0 amide bonds. The number of alkyl halides is 2. The smallest absolute Gasteiger partial charge is 0.288 e. The number of halogens is 2. The van der Waals surface area contributed by atoms with E-state index in [4.69, 9.17) is 4.74 Å². The molecular weight excluding hydrogens is 256 g/mol. The van der Waals surface area contributed by atoms with Crippen LogP contribution < -0.4 is 5.32 Å². The van der Waals surface area contributed by atoms with E-state index in [9.17, 15) is 8.78 Å². The van der Waals surface area contributed by atoms with Crippen molar-refractivity contribution in [3.63, 3.8) is 0 Å². The van der Waals surface area contributed by atoms with Crippen molar-refractivity contribution in [3.05, 3.63) is 24.3 Å². The second kappa shape index (κ2) is 6.95. The maximum atomic E-state index is 12.4. The SMILES string of the molecule is FC(F)Sc1ccccc1NCC1CCCOC1. The summed E-state index contributed by atoms with van der Waals surface area (Å²) in [7, 11) is 0. The zero-order valence-corrected chi connectivity index (χ0v) is 10.9. The molecule has 5 heteroatoms. The van der Waals surface area contributed by atoms with Crippen molar-refractivity contribution in [2.24, 2.45) is 5.92 Å². The molecule has 1 aliphatic heterocycles. The minimum atomic E-state index is -2.38. The summed E-state index contributed by atoms with van der Waals surface area (Å²) in [6, 6.07) is 7.19. The summed E-state index contributed by atoms with van der Waals surface area (Å²) in [4.78, 5) is 0.601. The Morgan fingerprint density at radius 3 is 2.94 bits per heavy atom. The minimum absolute atomic E-state index is 0.475. The van der Waals surface area contributed by atoms with Crippen molar-refractivity contribution in [1.82, 2.24) is 0 Å². The van der Waals surface area contributed by atoms with Crippen molar-refractivity contribution in [3.8, 4) is 0 Å². The van der Waals surface area contributed by atoms with E-state index >= 15 is 0 Å². The highest BCUT2D eigenvalue weighted by Crippen LogP contribution is 2.31. The Balaban J connectivity index is 1.91. The second-order valence-corrected chi connectivity index (χ2v) is 5.37. The Bertz CT molecular complexity index is 370. The van der Waals surface area contributed by atoms with Gasteiger partial charge < -0.3 is 10.1 Å². The third-order valence-corrected chi connectivity index (χ3v) is 3.73. The van der Waals surface area contributed by atoms with E-state index in [0.29, 0.717) is 22.6 Å². The standard InChI is InChI=1S/C13H17F2NOS/c14-13(15)18-12-6-2-1-5-11(12)16-8-10-4-3-7-17-9-10/h1-2,5-6,10,13,16H,3-4,7-9H2. The van der Waals surface area contributed by atoms with Crippen LogP contribution in [0.3, 0.4) is 0 Å². The average Bonchev–Trinajstić information content (AvgIpc) is 2.38. The fourth-order valence-corrected chi connectivity index (χ4v) is 2.65. The molecule has 0 spiro atoms. The van der Waals surface area contributed by atoms with Gasteiger partial charge in [-0.1, -0.05) is 23.9 Å². The normalized spacial score (nSPS) is 20.1. The van der Waals surface area contributed by atoms with Gasteiger partial charge in [-0.25, -0.2) is 0 Å². The molecule has 0 bridgehead atoms. The molecule has 1 fully saturated rings. The third kappa shape index (κ3) is 4.14. The molecule has 1 unspecified atom stereocenters. The molecule has 1 heterocycles. The van der Waals surface area contributed by atoms with E-state index in [1.165, 1.54) is 0 Å². The van der Waals surface area contributed by atoms with E-state index in [2.05, 4.69) is 5.32 Å². The van der Waals surface area contributed by atoms with Crippen LogP contribution >= 0.6 is 11.8 Å². The fourth-order valence-electron chi connectivity index (χ4n) is 2.03. The van der Waals surface area contributed by atoms with Crippen LogP contribution in [0.1, 0.15) is 12.8 Å². The molecule has 1 aromatic rings. The maximum Gasteiger partial charge on any atom is 0.288 e. The highest BCUT2D eigenvalue weighted by atomic mass is 32.2. The highest BCUT2D eigenvalue weighted by Gasteiger charge is 2.15. The van der Waals surface area contributed by atoms with Crippen molar-refractivity contribution < 1.29 is 13.5 Å². The van der Waals surface area contributed by atoms with Gasteiger partial charge in [-0.05, 0) is 30.9 Å². The average molecular weight is 273 g/mol.